The van der Waals surface area contributed by atoms with Crippen molar-refractivity contribution < 1.29 is 23.0 Å². The number of methoxy groups -OCH3 is 1. The van der Waals surface area contributed by atoms with Gasteiger partial charge in [-0.3, -0.25) is 0 Å². The largest absolute Gasteiger partial charge is 0.490 e. The van der Waals surface area contributed by atoms with E-state index in [1.165, 1.54) is 13.2 Å². The average Bonchev–Trinajstić information content (AvgIpc) is 2.49. The van der Waals surface area contributed by atoms with Crippen LogP contribution in [0.4, 0.5) is 8.78 Å². The van der Waals surface area contributed by atoms with Crippen LogP contribution >= 0.6 is 0 Å². The molecule has 0 fully saturated rings. The monoisotopic (exact) mass is 292 g/mol. The molecule has 0 aliphatic carbocycles. The van der Waals surface area contributed by atoms with Crippen molar-refractivity contribution in [3.63, 3.8) is 0 Å². The predicted octanol–water partition coefficient (Wildman–Crippen LogP) is 3.37. The first-order chi connectivity index (χ1) is 10.1. The van der Waals surface area contributed by atoms with Crippen molar-refractivity contribution in [1.82, 2.24) is 0 Å². The lowest BCUT2D eigenvalue weighted by Gasteiger charge is -2.07. The van der Waals surface area contributed by atoms with Crippen LogP contribution in [-0.2, 0) is 11.2 Å². The van der Waals surface area contributed by atoms with Gasteiger partial charge in [0.05, 0.1) is 19.3 Å². The van der Waals surface area contributed by atoms with Gasteiger partial charge in [-0.25, -0.2) is 13.6 Å². The van der Waals surface area contributed by atoms with E-state index in [9.17, 15) is 13.6 Å². The standard InChI is InChI=1S/C16H14F2O3/c1-20-16(19)12-4-2-11(3-5-12)8-9-21-15-7-6-13(17)10-14(15)18/h2-7,10H,8-9H2,1H3. The molecule has 3 nitrogen and oxygen atoms in total. The molecule has 0 unspecified atom stereocenters. The van der Waals surface area contributed by atoms with Gasteiger partial charge in [0.1, 0.15) is 5.82 Å². The number of hydrogen-bond acceptors (Lipinski definition) is 3. The normalized spacial score (nSPS) is 10.2. The Bertz CT molecular complexity index is 624. The minimum absolute atomic E-state index is 0.0163. The molecule has 5 heteroatoms. The van der Waals surface area contributed by atoms with Crippen LogP contribution in [0.2, 0.25) is 0 Å². The topological polar surface area (TPSA) is 35.5 Å². The zero-order chi connectivity index (χ0) is 15.2. The van der Waals surface area contributed by atoms with Crippen molar-refractivity contribution in [3.8, 4) is 5.75 Å². The second-order valence-electron chi connectivity index (χ2n) is 4.36. The first kappa shape index (κ1) is 15.0. The molecule has 2 aromatic rings. The number of halogens is 2. The van der Waals surface area contributed by atoms with Crippen molar-refractivity contribution in [2.24, 2.45) is 0 Å². The molecule has 0 heterocycles. The van der Waals surface area contributed by atoms with E-state index in [4.69, 9.17) is 4.74 Å². The van der Waals surface area contributed by atoms with Gasteiger partial charge in [0.15, 0.2) is 11.6 Å². The molecule has 0 atom stereocenters. The van der Waals surface area contributed by atoms with E-state index in [0.717, 1.165) is 17.7 Å². The molecule has 2 rings (SSSR count). The van der Waals surface area contributed by atoms with Crippen LogP contribution < -0.4 is 4.74 Å². The van der Waals surface area contributed by atoms with Crippen LogP contribution in [0.15, 0.2) is 42.5 Å². The highest BCUT2D eigenvalue weighted by molar-refractivity contribution is 5.89. The summed E-state index contributed by atoms with van der Waals surface area (Å²) in [6.07, 6.45) is 0.540. The molecule has 0 bridgehead atoms. The fourth-order valence-electron chi connectivity index (χ4n) is 1.80. The number of carbonyl (C=O) groups is 1. The quantitative estimate of drug-likeness (QED) is 0.793. The summed E-state index contributed by atoms with van der Waals surface area (Å²) < 4.78 is 35.9. The molecular weight excluding hydrogens is 278 g/mol. The molecular formula is C16H14F2O3. The Morgan fingerprint density at radius 2 is 1.81 bits per heavy atom. The van der Waals surface area contributed by atoms with Crippen molar-refractivity contribution in [2.45, 2.75) is 6.42 Å². The summed E-state index contributed by atoms with van der Waals surface area (Å²) in [4.78, 5) is 11.3. The molecule has 0 radical (unpaired) electrons. The van der Waals surface area contributed by atoms with Crippen LogP contribution in [0, 0.1) is 11.6 Å². The van der Waals surface area contributed by atoms with Crippen LogP contribution in [0.3, 0.4) is 0 Å². The zero-order valence-electron chi connectivity index (χ0n) is 11.4. The van der Waals surface area contributed by atoms with Crippen molar-refractivity contribution in [2.75, 3.05) is 13.7 Å². The maximum atomic E-state index is 13.3. The maximum absolute atomic E-state index is 13.3. The Labute approximate surface area is 121 Å². The minimum atomic E-state index is -0.726. The van der Waals surface area contributed by atoms with Gasteiger partial charge in [-0.1, -0.05) is 12.1 Å². The van der Waals surface area contributed by atoms with E-state index in [-0.39, 0.29) is 12.4 Å². The molecule has 0 N–H and O–H groups in total. The van der Waals surface area contributed by atoms with Crippen molar-refractivity contribution in [1.29, 1.82) is 0 Å². The SMILES string of the molecule is COC(=O)c1ccc(CCOc2ccc(F)cc2F)cc1. The lowest BCUT2D eigenvalue weighted by atomic mass is 10.1. The van der Waals surface area contributed by atoms with Gasteiger partial charge < -0.3 is 9.47 Å². The summed E-state index contributed by atoms with van der Waals surface area (Å²) in [6.45, 7) is 0.250. The first-order valence-corrected chi connectivity index (χ1v) is 6.35. The minimum Gasteiger partial charge on any atom is -0.490 e. The molecule has 110 valence electrons. The summed E-state index contributed by atoms with van der Waals surface area (Å²) >= 11 is 0. The highest BCUT2D eigenvalue weighted by Gasteiger charge is 2.06. The summed E-state index contributed by atoms with van der Waals surface area (Å²) in [5.74, 6) is -1.75. The van der Waals surface area contributed by atoms with E-state index in [1.807, 2.05) is 0 Å². The summed E-state index contributed by atoms with van der Waals surface area (Å²) in [6, 6.07) is 10.0. The molecule has 0 saturated carbocycles. The number of carbonyl (C=O) groups excluding carboxylic acids is 1. The van der Waals surface area contributed by atoms with Crippen molar-refractivity contribution in [3.05, 3.63) is 65.2 Å². The summed E-state index contributed by atoms with van der Waals surface area (Å²) in [5.41, 5.74) is 1.40. The summed E-state index contributed by atoms with van der Waals surface area (Å²) in [7, 11) is 1.32. The van der Waals surface area contributed by atoms with Gasteiger partial charge in [0.25, 0.3) is 0 Å². The Hall–Kier alpha value is -2.43. The van der Waals surface area contributed by atoms with Gasteiger partial charge in [-0.2, -0.15) is 0 Å². The fourth-order valence-corrected chi connectivity index (χ4v) is 1.80. The van der Waals surface area contributed by atoms with E-state index >= 15 is 0 Å². The third-order valence-electron chi connectivity index (χ3n) is 2.92. The third kappa shape index (κ3) is 4.02. The van der Waals surface area contributed by atoms with E-state index < -0.39 is 17.6 Å². The lowest BCUT2D eigenvalue weighted by molar-refractivity contribution is 0.0600. The van der Waals surface area contributed by atoms with Crippen LogP contribution in [0.5, 0.6) is 5.75 Å². The Kier molecular flexibility index (Phi) is 4.87. The number of rotatable bonds is 5. The second kappa shape index (κ2) is 6.83. The molecule has 0 amide bonds. The van der Waals surface area contributed by atoms with E-state index in [1.54, 1.807) is 24.3 Å². The molecule has 0 saturated heterocycles. The predicted molar refractivity (Wildman–Crippen MR) is 73.3 cm³/mol. The average molecular weight is 292 g/mol. The highest BCUT2D eigenvalue weighted by atomic mass is 19.1. The van der Waals surface area contributed by atoms with E-state index in [2.05, 4.69) is 4.74 Å². The molecule has 0 aliphatic rings. The number of esters is 1. The third-order valence-corrected chi connectivity index (χ3v) is 2.92. The van der Waals surface area contributed by atoms with Crippen LogP contribution in [-0.4, -0.2) is 19.7 Å². The number of hydrogen-bond donors (Lipinski definition) is 0. The fraction of sp³-hybridized carbons (Fsp3) is 0.188. The Balaban J connectivity index is 1.90. The van der Waals surface area contributed by atoms with Gasteiger partial charge in [0, 0.05) is 12.5 Å². The lowest BCUT2D eigenvalue weighted by Crippen LogP contribution is -2.04. The molecule has 2 aromatic carbocycles. The van der Waals surface area contributed by atoms with Gasteiger partial charge >= 0.3 is 5.97 Å². The van der Waals surface area contributed by atoms with Crippen LogP contribution in [0.1, 0.15) is 15.9 Å². The van der Waals surface area contributed by atoms with Crippen molar-refractivity contribution >= 4 is 5.97 Å². The van der Waals surface area contributed by atoms with Gasteiger partial charge in [-0.05, 0) is 29.8 Å². The number of benzene rings is 2. The van der Waals surface area contributed by atoms with Gasteiger partial charge in [0.2, 0.25) is 0 Å². The summed E-state index contributed by atoms with van der Waals surface area (Å²) in [5, 5.41) is 0. The van der Waals surface area contributed by atoms with Crippen LogP contribution in [0.25, 0.3) is 0 Å². The zero-order valence-corrected chi connectivity index (χ0v) is 11.4. The second-order valence-corrected chi connectivity index (χ2v) is 4.36. The maximum Gasteiger partial charge on any atom is 0.337 e. The van der Waals surface area contributed by atoms with Gasteiger partial charge in [-0.15, -0.1) is 0 Å². The highest BCUT2D eigenvalue weighted by Crippen LogP contribution is 2.18. The molecule has 21 heavy (non-hydrogen) atoms. The Morgan fingerprint density at radius 3 is 2.43 bits per heavy atom. The molecule has 0 aromatic heterocycles. The smallest absolute Gasteiger partial charge is 0.337 e. The first-order valence-electron chi connectivity index (χ1n) is 6.35. The van der Waals surface area contributed by atoms with E-state index in [0.29, 0.717) is 12.0 Å². The Morgan fingerprint density at radius 1 is 1.10 bits per heavy atom. The molecule has 0 aliphatic heterocycles. The number of ether oxygens (including phenoxy) is 2. The molecule has 0 spiro atoms.